The molecular formula is C25H28N2O7. The lowest BCUT2D eigenvalue weighted by atomic mass is 9.60. The van der Waals surface area contributed by atoms with E-state index < -0.39 is 52.0 Å². The topological polar surface area (TPSA) is 170 Å². The molecule has 1 aromatic carbocycles. The van der Waals surface area contributed by atoms with Crippen molar-refractivity contribution in [3.63, 3.8) is 0 Å². The monoisotopic (exact) mass is 468 g/mol. The lowest BCUT2D eigenvalue weighted by Crippen LogP contribution is -2.57. The summed E-state index contributed by atoms with van der Waals surface area (Å²) in [4.78, 5) is 38.4. The number of rotatable bonds is 6. The van der Waals surface area contributed by atoms with Crippen molar-refractivity contribution < 1.29 is 34.8 Å². The number of nitrogens with one attached hydrogen (secondary N) is 1. The number of phenols is 1. The largest absolute Gasteiger partial charge is 0.511 e. The van der Waals surface area contributed by atoms with Crippen molar-refractivity contribution in [1.29, 1.82) is 0 Å². The Hall–Kier alpha value is -3.43. The average Bonchev–Trinajstić information content (AvgIpc) is 2.77. The lowest BCUT2D eigenvalue weighted by Gasteiger charge is -2.45. The first-order chi connectivity index (χ1) is 16.1. The summed E-state index contributed by atoms with van der Waals surface area (Å²) in [6.45, 7) is 6.36. The van der Waals surface area contributed by atoms with Crippen molar-refractivity contribution in [2.75, 3.05) is 6.54 Å². The van der Waals surface area contributed by atoms with Crippen LogP contribution >= 0.6 is 0 Å². The second-order valence-corrected chi connectivity index (χ2v) is 9.08. The van der Waals surface area contributed by atoms with Gasteiger partial charge in [0, 0.05) is 36.6 Å². The van der Waals surface area contributed by atoms with E-state index in [1.165, 1.54) is 0 Å². The molecule has 3 atom stereocenters. The SMILES string of the molecule is C=CCNCc1cc(CC)c2c(c1O)C(=O)C1=C(O)[C@]3(O)C(=O)C(C(N)=O)=C(O)C[C@@H]3C[C@@H]1C2. The van der Waals surface area contributed by atoms with E-state index in [1.807, 2.05) is 13.0 Å². The molecule has 0 aromatic heterocycles. The lowest BCUT2D eigenvalue weighted by molar-refractivity contribution is -0.144. The molecule has 180 valence electrons. The van der Waals surface area contributed by atoms with E-state index in [2.05, 4.69) is 11.9 Å². The standard InChI is InChI=1S/C25H28N2O7/c1-3-5-27-10-13-6-11(4-2)15-8-12-7-14-9-16(28)19(24(26)33)23(32)25(14,34)22(31)17(12)21(30)18(15)20(13)29/h3,6,12,14,27-29,31,34H,1,4-5,7-10H2,2H3,(H2,26,33)/t12-,14+,25+/m1/s1. The van der Waals surface area contributed by atoms with Gasteiger partial charge in [-0.25, -0.2) is 0 Å². The zero-order chi connectivity index (χ0) is 24.9. The second kappa shape index (κ2) is 8.41. The maximum atomic E-state index is 13.6. The fourth-order valence-electron chi connectivity index (χ4n) is 5.59. The molecule has 9 heteroatoms. The molecule has 0 heterocycles. The Morgan fingerprint density at radius 2 is 1.97 bits per heavy atom. The summed E-state index contributed by atoms with van der Waals surface area (Å²) in [5, 5.41) is 46.7. The number of aliphatic hydroxyl groups is 3. The molecule has 0 bridgehead atoms. The van der Waals surface area contributed by atoms with Crippen LogP contribution in [0.5, 0.6) is 5.75 Å². The summed E-state index contributed by atoms with van der Waals surface area (Å²) in [7, 11) is 0. The molecule has 1 aromatic rings. The number of hydrogen-bond donors (Lipinski definition) is 6. The number of aryl methyl sites for hydroxylation is 1. The van der Waals surface area contributed by atoms with Gasteiger partial charge >= 0.3 is 0 Å². The van der Waals surface area contributed by atoms with E-state index in [1.54, 1.807) is 6.08 Å². The Morgan fingerprint density at radius 3 is 2.59 bits per heavy atom. The first-order valence-corrected chi connectivity index (χ1v) is 11.2. The molecule has 0 unspecified atom stereocenters. The number of ketones is 2. The highest BCUT2D eigenvalue weighted by Gasteiger charge is 2.59. The molecule has 9 nitrogen and oxygen atoms in total. The molecule has 1 amide bonds. The molecule has 0 saturated carbocycles. The van der Waals surface area contributed by atoms with Gasteiger partial charge in [-0.3, -0.25) is 14.4 Å². The minimum Gasteiger partial charge on any atom is -0.511 e. The van der Waals surface area contributed by atoms with E-state index in [-0.39, 0.29) is 36.3 Å². The third-order valence-corrected chi connectivity index (χ3v) is 7.22. The normalized spacial score (nSPS) is 26.2. The molecule has 0 radical (unpaired) electrons. The fourth-order valence-corrected chi connectivity index (χ4v) is 5.59. The van der Waals surface area contributed by atoms with Gasteiger partial charge in [-0.05, 0) is 36.3 Å². The third kappa shape index (κ3) is 3.26. The Kier molecular flexibility index (Phi) is 5.87. The van der Waals surface area contributed by atoms with E-state index in [9.17, 15) is 34.8 Å². The van der Waals surface area contributed by atoms with Gasteiger partial charge in [0.1, 0.15) is 22.8 Å². The summed E-state index contributed by atoms with van der Waals surface area (Å²) in [6, 6.07) is 1.85. The number of allylic oxidation sites excluding steroid dienone is 2. The van der Waals surface area contributed by atoms with Crippen LogP contribution in [0.25, 0.3) is 0 Å². The summed E-state index contributed by atoms with van der Waals surface area (Å²) in [6.07, 6.45) is 2.47. The summed E-state index contributed by atoms with van der Waals surface area (Å²) < 4.78 is 0. The molecule has 7 N–H and O–H groups in total. The predicted octanol–water partition coefficient (Wildman–Crippen LogP) is 1.42. The van der Waals surface area contributed by atoms with Crippen LogP contribution < -0.4 is 11.1 Å². The zero-order valence-electron chi connectivity index (χ0n) is 18.9. The number of fused-ring (bicyclic) bond motifs is 3. The molecule has 34 heavy (non-hydrogen) atoms. The number of nitrogens with two attached hydrogens (primary N) is 1. The van der Waals surface area contributed by atoms with Gasteiger partial charge < -0.3 is 31.5 Å². The third-order valence-electron chi connectivity index (χ3n) is 7.22. The summed E-state index contributed by atoms with van der Waals surface area (Å²) in [5.74, 6) is -6.17. The second-order valence-electron chi connectivity index (χ2n) is 9.08. The van der Waals surface area contributed by atoms with Crippen LogP contribution in [0.15, 0.2) is 41.4 Å². The summed E-state index contributed by atoms with van der Waals surface area (Å²) in [5.41, 5.74) is 3.84. The van der Waals surface area contributed by atoms with Crippen LogP contribution in [0, 0.1) is 11.8 Å². The van der Waals surface area contributed by atoms with Gasteiger partial charge in [-0.1, -0.05) is 19.1 Å². The number of aromatic hydroxyl groups is 1. The smallest absolute Gasteiger partial charge is 0.255 e. The van der Waals surface area contributed by atoms with Gasteiger partial charge in [-0.2, -0.15) is 0 Å². The molecule has 0 saturated heterocycles. The molecular weight excluding hydrogens is 440 g/mol. The number of carbonyl (C=O) groups is 3. The highest BCUT2D eigenvalue weighted by molar-refractivity contribution is 6.24. The van der Waals surface area contributed by atoms with Crippen LogP contribution in [0.1, 0.15) is 46.8 Å². The number of primary amides is 1. The van der Waals surface area contributed by atoms with Crippen LogP contribution in [0.4, 0.5) is 0 Å². The Balaban J connectivity index is 1.86. The van der Waals surface area contributed by atoms with Crippen molar-refractivity contribution in [1.82, 2.24) is 5.32 Å². The molecule has 4 rings (SSSR count). The van der Waals surface area contributed by atoms with E-state index in [0.717, 1.165) is 5.56 Å². The van der Waals surface area contributed by atoms with E-state index >= 15 is 0 Å². The minimum atomic E-state index is -2.55. The Morgan fingerprint density at radius 1 is 1.26 bits per heavy atom. The number of aliphatic hydroxyl groups excluding tert-OH is 2. The van der Waals surface area contributed by atoms with Crippen LogP contribution in [0.2, 0.25) is 0 Å². The van der Waals surface area contributed by atoms with Crippen molar-refractivity contribution in [2.45, 2.75) is 44.8 Å². The van der Waals surface area contributed by atoms with Gasteiger partial charge in [-0.15, -0.1) is 6.58 Å². The number of hydrogen-bond acceptors (Lipinski definition) is 8. The number of amides is 1. The van der Waals surface area contributed by atoms with Crippen LogP contribution in [-0.4, -0.2) is 50.0 Å². The van der Waals surface area contributed by atoms with Gasteiger partial charge in [0.15, 0.2) is 11.4 Å². The molecule has 3 aliphatic carbocycles. The quantitative estimate of drug-likeness (QED) is 0.207. The fraction of sp³-hybridized carbons (Fsp3) is 0.400. The van der Waals surface area contributed by atoms with Crippen molar-refractivity contribution >= 4 is 17.5 Å². The first-order valence-electron chi connectivity index (χ1n) is 11.2. The van der Waals surface area contributed by atoms with Crippen molar-refractivity contribution in [3.8, 4) is 5.75 Å². The van der Waals surface area contributed by atoms with Crippen molar-refractivity contribution in [2.24, 2.45) is 17.6 Å². The summed E-state index contributed by atoms with van der Waals surface area (Å²) >= 11 is 0. The van der Waals surface area contributed by atoms with Crippen LogP contribution in [0.3, 0.4) is 0 Å². The van der Waals surface area contributed by atoms with E-state index in [4.69, 9.17) is 5.73 Å². The predicted molar refractivity (Wildman–Crippen MR) is 122 cm³/mol. The number of benzene rings is 1. The van der Waals surface area contributed by atoms with Gasteiger partial charge in [0.05, 0.1) is 5.56 Å². The maximum absolute atomic E-state index is 13.6. The molecule has 0 spiro atoms. The van der Waals surface area contributed by atoms with E-state index in [0.29, 0.717) is 30.5 Å². The highest BCUT2D eigenvalue weighted by Crippen LogP contribution is 2.52. The molecule has 0 aliphatic heterocycles. The number of Topliss-reactive ketones (excluding diaryl/α,β-unsaturated/α-hetero) is 2. The van der Waals surface area contributed by atoms with Gasteiger partial charge in [0.2, 0.25) is 5.78 Å². The van der Waals surface area contributed by atoms with Gasteiger partial charge in [0.25, 0.3) is 5.91 Å². The average molecular weight is 469 g/mol. The minimum absolute atomic E-state index is 0.0476. The Labute approximate surface area is 196 Å². The maximum Gasteiger partial charge on any atom is 0.255 e. The first kappa shape index (κ1) is 23.7. The molecule has 3 aliphatic rings. The highest BCUT2D eigenvalue weighted by atomic mass is 16.3. The van der Waals surface area contributed by atoms with Crippen molar-refractivity contribution in [3.05, 3.63) is 63.6 Å². The van der Waals surface area contributed by atoms with Crippen LogP contribution in [-0.2, 0) is 29.0 Å². The number of phenolic OH excluding ortho intramolecular Hbond substituents is 1. The Bertz CT molecular complexity index is 1200. The zero-order valence-corrected chi connectivity index (χ0v) is 18.9. The number of carbonyl (C=O) groups excluding carboxylic acids is 3. The molecule has 0 fully saturated rings.